The van der Waals surface area contributed by atoms with Gasteiger partial charge in [-0.25, -0.2) is 0 Å². The zero-order valence-electron chi connectivity index (χ0n) is 12.3. The Morgan fingerprint density at radius 3 is 2.27 bits per heavy atom. The fraction of sp³-hybridized carbons (Fsp3) is 0.800. The van der Waals surface area contributed by atoms with Crippen LogP contribution in [0.1, 0.15) is 23.8 Å². The Balaban J connectivity index is 5.09. The zero-order chi connectivity index (χ0) is 14.8. The molecule has 0 radical (unpaired) electrons. The quantitative estimate of drug-likeness (QED) is 0.613. The van der Waals surface area contributed by atoms with Crippen LogP contribution in [0.3, 0.4) is 0 Å². The average Bonchev–Trinajstić information content (AvgIpc) is 1.93. The number of hydrogen-bond donors (Lipinski definition) is 2. The fourth-order valence-corrected chi connectivity index (χ4v) is 1.44. The summed E-state index contributed by atoms with van der Waals surface area (Å²) in [5.74, 6) is -2.30. The van der Waals surface area contributed by atoms with E-state index in [-0.39, 0.29) is 11.0 Å². The largest absolute Gasteiger partial charge is 0.481 e. The fourth-order valence-electron chi connectivity index (χ4n) is 1.44. The van der Waals surface area contributed by atoms with Gasteiger partial charge in [0.1, 0.15) is 6.54 Å². The van der Waals surface area contributed by atoms with E-state index in [4.69, 9.17) is 9.22 Å². The number of carbonyl (C=O) groups excluding carboxylic acids is 1. The van der Waals surface area contributed by atoms with Crippen molar-refractivity contribution in [1.82, 2.24) is 0 Å². The number of aliphatic hydroxyl groups is 1. The van der Waals surface area contributed by atoms with Gasteiger partial charge in [-0.05, 0) is 0 Å². The molecule has 0 saturated heterocycles. The van der Waals surface area contributed by atoms with Crippen molar-refractivity contribution in [3.63, 3.8) is 0 Å². The van der Waals surface area contributed by atoms with Crippen molar-refractivity contribution in [3.8, 4) is 0 Å². The van der Waals surface area contributed by atoms with E-state index >= 15 is 0 Å². The van der Waals surface area contributed by atoms with E-state index in [0.29, 0.717) is 0 Å². The van der Waals surface area contributed by atoms with Crippen LogP contribution in [0.5, 0.6) is 0 Å². The number of nitrogens with zero attached hydrogens (tertiary/aromatic N) is 1. The Labute approximate surface area is 94.1 Å². The number of carbonyl (C=O) groups is 2. The number of ketones is 1. The maximum atomic E-state index is 11.8. The monoisotopic (exact) mass is 221 g/mol. The number of hydrogen-bond acceptors (Lipinski definition) is 3. The molecule has 1 unspecified atom stereocenters. The molecule has 0 aromatic heterocycles. The summed E-state index contributed by atoms with van der Waals surface area (Å²) in [6, 6.07) is 0. The Morgan fingerprint density at radius 2 is 1.93 bits per heavy atom. The first-order chi connectivity index (χ1) is 7.75. The van der Waals surface area contributed by atoms with Crippen molar-refractivity contribution in [2.24, 2.45) is 0 Å². The van der Waals surface area contributed by atoms with Crippen molar-refractivity contribution < 1.29 is 28.4 Å². The van der Waals surface area contributed by atoms with Crippen LogP contribution >= 0.6 is 0 Å². The molecular formula is C10H20NO4+. The van der Waals surface area contributed by atoms with E-state index in [1.807, 2.05) is 0 Å². The molecule has 2 N–H and O–H groups in total. The molecule has 0 bridgehead atoms. The van der Waals surface area contributed by atoms with Crippen molar-refractivity contribution >= 4 is 11.8 Å². The lowest BCUT2D eigenvalue weighted by Crippen LogP contribution is -2.54. The molecule has 0 aliphatic heterocycles. The molecule has 0 aromatic rings. The van der Waals surface area contributed by atoms with Gasteiger partial charge in [0.15, 0.2) is 11.4 Å². The third kappa shape index (κ3) is 4.90. The van der Waals surface area contributed by atoms with E-state index in [9.17, 15) is 14.7 Å². The molecular weight excluding hydrogens is 198 g/mol. The first-order valence-electron chi connectivity index (χ1n) is 6.03. The van der Waals surface area contributed by atoms with Gasteiger partial charge < -0.3 is 14.7 Å². The molecule has 0 heterocycles. The van der Waals surface area contributed by atoms with Crippen molar-refractivity contribution in [2.75, 3.05) is 27.7 Å². The van der Waals surface area contributed by atoms with Gasteiger partial charge in [0.2, 0.25) is 0 Å². The summed E-state index contributed by atoms with van der Waals surface area (Å²) in [7, 11) is 5.03. The van der Waals surface area contributed by atoms with Crippen molar-refractivity contribution in [2.45, 2.75) is 25.3 Å². The summed E-state index contributed by atoms with van der Waals surface area (Å²) >= 11 is 0. The van der Waals surface area contributed by atoms with E-state index in [0.717, 1.165) is 0 Å². The Hall–Kier alpha value is -0.940. The Morgan fingerprint density at radius 1 is 1.40 bits per heavy atom. The lowest BCUT2D eigenvalue weighted by molar-refractivity contribution is -0.875. The Kier molecular flexibility index (Phi) is 2.93. The summed E-state index contributed by atoms with van der Waals surface area (Å²) in [5.41, 5.74) is -2.15. The third-order valence-corrected chi connectivity index (χ3v) is 1.86. The summed E-state index contributed by atoms with van der Waals surface area (Å²) in [6.07, 6.45) is -1.63. The maximum absolute atomic E-state index is 11.8. The van der Waals surface area contributed by atoms with Crippen LogP contribution in [0.4, 0.5) is 0 Å². The van der Waals surface area contributed by atoms with Gasteiger partial charge in [-0.15, -0.1) is 0 Å². The summed E-state index contributed by atoms with van der Waals surface area (Å²) in [4.78, 5) is 22.5. The number of aliphatic carboxylic acids is 1. The minimum absolute atomic E-state index is 0.149. The van der Waals surface area contributed by atoms with Crippen LogP contribution in [0.25, 0.3) is 0 Å². The standard InChI is InChI=1S/C10H19NO4/c1-5-8(12)10(15,6-9(13)14)7-11(2,3)4/h15H,5-7H2,1-4H3/p+1/i1D3. The molecule has 0 aromatic carbocycles. The molecule has 0 aliphatic rings. The van der Waals surface area contributed by atoms with Crippen LogP contribution in [0, 0.1) is 0 Å². The number of quaternary nitrogens is 1. The minimum Gasteiger partial charge on any atom is -0.481 e. The number of likely N-dealkylation sites (N-methyl/N-ethyl adjacent to an activating group) is 1. The second kappa shape index (κ2) is 4.72. The molecule has 0 saturated carbocycles. The molecule has 0 amide bonds. The van der Waals surface area contributed by atoms with E-state index in [1.165, 1.54) is 0 Å². The average molecular weight is 221 g/mol. The first-order valence-corrected chi connectivity index (χ1v) is 4.53. The second-order valence-electron chi connectivity index (χ2n) is 4.65. The second-order valence-corrected chi connectivity index (χ2v) is 4.65. The predicted molar refractivity (Wildman–Crippen MR) is 55.4 cm³/mol. The summed E-state index contributed by atoms with van der Waals surface area (Å²) in [6.45, 7) is -2.68. The molecule has 5 nitrogen and oxygen atoms in total. The van der Waals surface area contributed by atoms with Gasteiger partial charge in [0.25, 0.3) is 0 Å². The number of rotatable bonds is 6. The highest BCUT2D eigenvalue weighted by molar-refractivity contribution is 5.90. The molecule has 0 fully saturated rings. The van der Waals surface area contributed by atoms with Gasteiger partial charge in [-0.3, -0.25) is 9.59 Å². The summed E-state index contributed by atoms with van der Waals surface area (Å²) in [5, 5.41) is 18.9. The van der Waals surface area contributed by atoms with Gasteiger partial charge in [0, 0.05) is 10.5 Å². The molecule has 1 atom stereocenters. The van der Waals surface area contributed by atoms with Crippen LogP contribution in [0.2, 0.25) is 0 Å². The smallest absolute Gasteiger partial charge is 0.306 e. The third-order valence-electron chi connectivity index (χ3n) is 1.86. The van der Waals surface area contributed by atoms with Crippen LogP contribution in [-0.4, -0.2) is 59.7 Å². The van der Waals surface area contributed by atoms with Gasteiger partial charge in [0.05, 0.1) is 27.6 Å². The maximum Gasteiger partial charge on any atom is 0.306 e. The molecule has 0 rings (SSSR count). The van der Waals surface area contributed by atoms with Crippen molar-refractivity contribution in [3.05, 3.63) is 0 Å². The Bertz CT molecular complexity index is 335. The minimum atomic E-state index is -2.52. The molecule has 0 spiro atoms. The van der Waals surface area contributed by atoms with Gasteiger partial charge >= 0.3 is 5.97 Å². The highest BCUT2D eigenvalue weighted by Gasteiger charge is 2.41. The lowest BCUT2D eigenvalue weighted by Gasteiger charge is -2.33. The highest BCUT2D eigenvalue weighted by Crippen LogP contribution is 2.17. The van der Waals surface area contributed by atoms with E-state index in [2.05, 4.69) is 0 Å². The predicted octanol–water partition coefficient (Wildman–Crippen LogP) is -0.122. The SMILES string of the molecule is [2H]C([2H])([2H])CC(=O)C(O)(CC(=O)O)C[N+](C)(C)C. The van der Waals surface area contributed by atoms with Crippen LogP contribution < -0.4 is 0 Å². The number of carboxylic acids is 1. The number of carboxylic acid groups (broad SMARTS) is 1. The number of Topliss-reactive ketones (excluding diaryl/α,β-unsaturated/α-hetero) is 1. The van der Waals surface area contributed by atoms with Crippen LogP contribution in [0.15, 0.2) is 0 Å². The zero-order valence-corrected chi connectivity index (χ0v) is 9.28. The molecule has 15 heavy (non-hydrogen) atoms. The topological polar surface area (TPSA) is 74.6 Å². The highest BCUT2D eigenvalue weighted by atomic mass is 16.4. The summed E-state index contributed by atoms with van der Waals surface area (Å²) < 4.78 is 21.2. The molecule has 0 aliphatic carbocycles. The lowest BCUT2D eigenvalue weighted by atomic mass is 9.91. The molecule has 88 valence electrons. The van der Waals surface area contributed by atoms with E-state index in [1.54, 1.807) is 21.1 Å². The van der Waals surface area contributed by atoms with Gasteiger partial charge in [-0.2, -0.15) is 0 Å². The molecule has 5 heteroatoms. The van der Waals surface area contributed by atoms with Gasteiger partial charge in [-0.1, -0.05) is 6.85 Å². The normalized spacial score (nSPS) is 19.6. The van der Waals surface area contributed by atoms with Crippen molar-refractivity contribution in [1.29, 1.82) is 0 Å². The van der Waals surface area contributed by atoms with Crippen LogP contribution in [-0.2, 0) is 9.59 Å². The first kappa shape index (κ1) is 9.30. The van der Waals surface area contributed by atoms with E-state index < -0.39 is 37.0 Å².